The van der Waals surface area contributed by atoms with Crippen LogP contribution in [-0.4, -0.2) is 0 Å². The highest BCUT2D eigenvalue weighted by Gasteiger charge is 2.09. The van der Waals surface area contributed by atoms with E-state index in [2.05, 4.69) is 21.2 Å². The molecule has 0 aliphatic heterocycles. The highest BCUT2D eigenvalue weighted by molar-refractivity contribution is 9.10. The zero-order valence-electron chi connectivity index (χ0n) is 10.1. The number of nitrogens with one attached hydrogen (secondary N) is 1. The average molecular weight is 348 g/mol. The van der Waals surface area contributed by atoms with Gasteiger partial charge < -0.3 is 5.32 Å². The van der Waals surface area contributed by atoms with Crippen molar-refractivity contribution in [2.24, 2.45) is 0 Å². The van der Waals surface area contributed by atoms with E-state index in [9.17, 15) is 17.6 Å². The van der Waals surface area contributed by atoms with E-state index in [0.29, 0.717) is 5.56 Å². The fraction of sp³-hybridized carbons (Fsp3) is 0.143. The summed E-state index contributed by atoms with van der Waals surface area (Å²) >= 11 is 2.88. The molecule has 0 aliphatic rings. The number of halogens is 5. The summed E-state index contributed by atoms with van der Waals surface area (Å²) in [6, 6.07) is 7.70. The summed E-state index contributed by atoms with van der Waals surface area (Å²) in [5, 5.41) is 2.72. The summed E-state index contributed by atoms with van der Waals surface area (Å²) < 4.78 is 51.6. The fourth-order valence-electron chi connectivity index (χ4n) is 1.64. The highest BCUT2D eigenvalue weighted by atomic mass is 79.9. The zero-order chi connectivity index (χ0) is 14.7. The molecule has 0 atom stereocenters. The molecule has 2 aromatic carbocycles. The Balaban J connectivity index is 2.07. The molecule has 0 saturated carbocycles. The molecule has 0 fully saturated rings. The smallest absolute Gasteiger partial charge is 0.263 e. The summed E-state index contributed by atoms with van der Waals surface area (Å²) in [4.78, 5) is 0. The van der Waals surface area contributed by atoms with Crippen LogP contribution in [0.5, 0.6) is 0 Å². The van der Waals surface area contributed by atoms with E-state index in [1.807, 2.05) is 0 Å². The molecule has 20 heavy (non-hydrogen) atoms. The molecule has 0 bridgehead atoms. The fourth-order valence-corrected chi connectivity index (χ4v) is 1.95. The topological polar surface area (TPSA) is 12.0 Å². The first-order valence-electron chi connectivity index (χ1n) is 5.73. The van der Waals surface area contributed by atoms with E-state index in [4.69, 9.17) is 0 Å². The molecule has 6 heteroatoms. The molecule has 2 rings (SSSR count). The van der Waals surface area contributed by atoms with Gasteiger partial charge >= 0.3 is 0 Å². The Labute approximate surface area is 121 Å². The maximum atomic E-state index is 13.5. The van der Waals surface area contributed by atoms with Crippen LogP contribution in [0.2, 0.25) is 0 Å². The molecular formula is C14H10BrF4N. The molecule has 0 aliphatic carbocycles. The quantitative estimate of drug-likeness (QED) is 0.586. The highest BCUT2D eigenvalue weighted by Crippen LogP contribution is 2.24. The van der Waals surface area contributed by atoms with Gasteiger partial charge in [-0.3, -0.25) is 0 Å². The van der Waals surface area contributed by atoms with Gasteiger partial charge in [-0.25, -0.2) is 17.6 Å². The minimum atomic E-state index is -2.52. The molecule has 0 aromatic heterocycles. The molecule has 0 heterocycles. The van der Waals surface area contributed by atoms with Gasteiger partial charge in [-0.15, -0.1) is 0 Å². The van der Waals surface area contributed by atoms with E-state index in [1.165, 1.54) is 24.3 Å². The van der Waals surface area contributed by atoms with E-state index in [1.54, 1.807) is 0 Å². The lowest BCUT2D eigenvalue weighted by Crippen LogP contribution is -2.02. The molecule has 1 N–H and O–H groups in total. The Morgan fingerprint density at radius 3 is 2.25 bits per heavy atom. The van der Waals surface area contributed by atoms with Gasteiger partial charge in [-0.1, -0.05) is 24.3 Å². The summed E-state index contributed by atoms with van der Waals surface area (Å²) in [5.74, 6) is -1.18. The second-order valence-electron chi connectivity index (χ2n) is 4.14. The zero-order valence-corrected chi connectivity index (χ0v) is 11.7. The lowest BCUT2D eigenvalue weighted by Gasteiger charge is -2.09. The van der Waals surface area contributed by atoms with Crippen molar-refractivity contribution in [3.8, 4) is 0 Å². The molecule has 1 nitrogen and oxygen atoms in total. The van der Waals surface area contributed by atoms with Crippen molar-refractivity contribution < 1.29 is 17.6 Å². The first kappa shape index (κ1) is 14.8. The van der Waals surface area contributed by atoms with Crippen molar-refractivity contribution in [1.29, 1.82) is 0 Å². The van der Waals surface area contributed by atoms with Crippen LogP contribution in [-0.2, 0) is 6.54 Å². The van der Waals surface area contributed by atoms with Crippen LogP contribution in [0.25, 0.3) is 0 Å². The molecule has 0 radical (unpaired) electrons. The predicted molar refractivity (Wildman–Crippen MR) is 72.8 cm³/mol. The van der Waals surface area contributed by atoms with Gasteiger partial charge in [0.15, 0.2) is 0 Å². The summed E-state index contributed by atoms with van der Waals surface area (Å²) in [6.45, 7) is 0.210. The Kier molecular flexibility index (Phi) is 4.65. The van der Waals surface area contributed by atoms with Crippen LogP contribution in [0.15, 0.2) is 40.9 Å². The van der Waals surface area contributed by atoms with Crippen LogP contribution in [0.1, 0.15) is 17.6 Å². The average Bonchev–Trinajstić information content (AvgIpc) is 2.42. The van der Waals surface area contributed by atoms with Crippen LogP contribution >= 0.6 is 15.9 Å². The maximum absolute atomic E-state index is 13.5. The number of benzene rings is 2. The Bertz CT molecular complexity index is 599. The largest absolute Gasteiger partial charge is 0.379 e. The number of anilines is 1. The molecule has 0 saturated heterocycles. The number of hydrogen-bond acceptors (Lipinski definition) is 1. The number of rotatable bonds is 4. The predicted octanol–water partition coefficient (Wildman–Crippen LogP) is 5.28. The number of alkyl halides is 2. The molecule has 2 aromatic rings. The van der Waals surface area contributed by atoms with Crippen LogP contribution in [0.3, 0.4) is 0 Å². The van der Waals surface area contributed by atoms with Crippen molar-refractivity contribution in [1.82, 2.24) is 0 Å². The second kappa shape index (κ2) is 6.26. The summed E-state index contributed by atoms with van der Waals surface area (Å²) in [5.41, 5.74) is 0.635. The van der Waals surface area contributed by atoms with Gasteiger partial charge in [-0.2, -0.15) is 0 Å². The van der Waals surface area contributed by atoms with Gasteiger partial charge in [0.05, 0.1) is 10.2 Å². The van der Waals surface area contributed by atoms with Crippen molar-refractivity contribution in [2.75, 3.05) is 5.32 Å². The molecule has 0 unspecified atom stereocenters. The van der Waals surface area contributed by atoms with Gasteiger partial charge in [0.1, 0.15) is 11.6 Å². The van der Waals surface area contributed by atoms with Gasteiger partial charge in [0.2, 0.25) is 0 Å². The molecule has 106 valence electrons. The normalized spacial score (nSPS) is 10.9. The van der Waals surface area contributed by atoms with Crippen molar-refractivity contribution in [3.05, 3.63) is 63.6 Å². The molecule has 0 amide bonds. The minimum absolute atomic E-state index is 0.0173. The molecule has 0 spiro atoms. The van der Waals surface area contributed by atoms with Crippen molar-refractivity contribution >= 4 is 21.6 Å². The minimum Gasteiger partial charge on any atom is -0.379 e. The van der Waals surface area contributed by atoms with Crippen LogP contribution in [0, 0.1) is 11.6 Å². The third-order valence-corrected chi connectivity index (χ3v) is 3.33. The Hall–Kier alpha value is -1.56. The second-order valence-corrected chi connectivity index (χ2v) is 5.00. The van der Waals surface area contributed by atoms with E-state index in [-0.39, 0.29) is 22.3 Å². The Morgan fingerprint density at radius 1 is 1.00 bits per heavy atom. The van der Waals surface area contributed by atoms with E-state index in [0.717, 1.165) is 12.1 Å². The van der Waals surface area contributed by atoms with Crippen LogP contribution < -0.4 is 5.32 Å². The SMILES string of the molecule is Fc1cc(NCc2ccc(C(F)F)cc2)c(F)cc1Br. The van der Waals surface area contributed by atoms with E-state index >= 15 is 0 Å². The lowest BCUT2D eigenvalue weighted by atomic mass is 10.1. The lowest BCUT2D eigenvalue weighted by molar-refractivity contribution is 0.151. The monoisotopic (exact) mass is 347 g/mol. The first-order chi connectivity index (χ1) is 9.47. The van der Waals surface area contributed by atoms with Crippen LogP contribution in [0.4, 0.5) is 23.2 Å². The maximum Gasteiger partial charge on any atom is 0.263 e. The number of hydrogen-bond donors (Lipinski definition) is 1. The first-order valence-corrected chi connectivity index (χ1v) is 6.52. The third kappa shape index (κ3) is 3.50. The van der Waals surface area contributed by atoms with Gasteiger partial charge in [0, 0.05) is 18.2 Å². The van der Waals surface area contributed by atoms with Crippen molar-refractivity contribution in [2.45, 2.75) is 13.0 Å². The summed E-state index contributed by atoms with van der Waals surface area (Å²) in [7, 11) is 0. The molecular weight excluding hydrogens is 338 g/mol. The summed E-state index contributed by atoms with van der Waals surface area (Å²) in [6.07, 6.45) is -2.52. The third-order valence-electron chi connectivity index (χ3n) is 2.72. The van der Waals surface area contributed by atoms with Crippen molar-refractivity contribution in [3.63, 3.8) is 0 Å². The standard InChI is InChI=1S/C14H10BrF4N/c15-10-5-12(17)13(6-11(10)16)20-7-8-1-3-9(4-2-8)14(18)19/h1-6,14,20H,7H2. The van der Waals surface area contributed by atoms with Gasteiger partial charge in [-0.05, 0) is 27.6 Å². The Morgan fingerprint density at radius 2 is 1.65 bits per heavy atom. The van der Waals surface area contributed by atoms with E-state index < -0.39 is 18.1 Å². The van der Waals surface area contributed by atoms with Gasteiger partial charge in [0.25, 0.3) is 6.43 Å².